The van der Waals surface area contributed by atoms with Crippen molar-refractivity contribution in [2.75, 3.05) is 0 Å². The van der Waals surface area contributed by atoms with Gasteiger partial charge in [0.1, 0.15) is 5.75 Å². The van der Waals surface area contributed by atoms with Gasteiger partial charge in [0, 0.05) is 0 Å². The Hall–Kier alpha value is -2.05. The number of hydrogen-bond acceptors (Lipinski definition) is 1. The molecule has 0 saturated carbocycles. The van der Waals surface area contributed by atoms with Gasteiger partial charge in [-0.05, 0) is 48.5 Å². The summed E-state index contributed by atoms with van der Waals surface area (Å²) in [5.74, 6) is 0.256. The molecule has 0 spiro atoms. The van der Waals surface area contributed by atoms with Gasteiger partial charge in [-0.2, -0.15) is 0 Å². The average Bonchev–Trinajstić information content (AvgIpc) is 2.56. The zero-order valence-electron chi connectivity index (χ0n) is 11.6. The number of hydrogen-bond donors (Lipinski definition) is 1. The van der Waals surface area contributed by atoms with Crippen molar-refractivity contribution in [1.82, 2.24) is 0 Å². The molecule has 0 bridgehead atoms. The molecule has 2 radical (unpaired) electrons. The number of aromatic hydroxyl groups is 1. The van der Waals surface area contributed by atoms with Crippen molar-refractivity contribution in [3.8, 4) is 5.75 Å². The van der Waals surface area contributed by atoms with E-state index >= 15 is 0 Å². The lowest BCUT2D eigenvalue weighted by Crippen LogP contribution is -2.31. The van der Waals surface area contributed by atoms with Gasteiger partial charge < -0.3 is 5.11 Å². The first-order valence-electron chi connectivity index (χ1n) is 6.80. The zero-order chi connectivity index (χ0) is 14.7. The molecule has 0 aromatic heterocycles. The van der Waals surface area contributed by atoms with E-state index in [2.05, 4.69) is 24.3 Å². The summed E-state index contributed by atoms with van der Waals surface area (Å²) in [6.45, 7) is 0. The first kappa shape index (κ1) is 13.9. The maximum Gasteiger partial charge on any atom is 0.383 e. The molecule has 0 amide bonds. The molecule has 0 unspecified atom stereocenters. The molecule has 3 aromatic carbocycles. The third kappa shape index (κ3) is 2.60. The molecule has 3 rings (SSSR count). The molecule has 21 heavy (non-hydrogen) atoms. The van der Waals surface area contributed by atoms with Gasteiger partial charge in [-0.25, -0.2) is 0 Å². The second-order valence-corrected chi connectivity index (χ2v) is 7.90. The second kappa shape index (κ2) is 5.75. The van der Waals surface area contributed by atoms with E-state index in [9.17, 15) is 5.11 Å². The quantitative estimate of drug-likeness (QED) is 0.580. The van der Waals surface area contributed by atoms with Crippen molar-refractivity contribution in [1.29, 1.82) is 0 Å². The Kier molecular flexibility index (Phi) is 3.81. The van der Waals surface area contributed by atoms with Crippen molar-refractivity contribution in [2.45, 2.75) is 0 Å². The van der Waals surface area contributed by atoms with Crippen LogP contribution in [-0.4, -0.2) is 12.7 Å². The van der Waals surface area contributed by atoms with E-state index in [0.717, 1.165) is 15.9 Å². The van der Waals surface area contributed by atoms with Gasteiger partial charge in [-0.1, -0.05) is 36.4 Å². The summed E-state index contributed by atoms with van der Waals surface area (Å²) >= 11 is 0. The van der Waals surface area contributed by atoms with Crippen LogP contribution in [0.1, 0.15) is 0 Å². The molecule has 3 aromatic rings. The topological polar surface area (TPSA) is 20.2 Å². The van der Waals surface area contributed by atoms with Crippen molar-refractivity contribution >= 4 is 30.6 Å². The summed E-state index contributed by atoms with van der Waals surface area (Å²) in [6, 6.07) is 27.6. The van der Waals surface area contributed by atoms with E-state index in [-0.39, 0.29) is 5.75 Å². The Bertz CT molecular complexity index is 672. The standard InChI is InChI=1S/C18H15BOP/c19-21(16-7-3-1-4-8-16,17-9-5-2-6-10-17)18-13-11-15(20)12-14-18/h1-14,20H/q+1. The highest BCUT2D eigenvalue weighted by Crippen LogP contribution is 2.50. The molecular formula is C18H15BOP+. The van der Waals surface area contributed by atoms with Crippen LogP contribution in [0.4, 0.5) is 0 Å². The summed E-state index contributed by atoms with van der Waals surface area (Å²) in [6.07, 6.45) is 0. The molecule has 0 aliphatic heterocycles. The van der Waals surface area contributed by atoms with E-state index in [1.807, 2.05) is 48.5 Å². The Morgan fingerprint density at radius 3 is 1.38 bits per heavy atom. The van der Waals surface area contributed by atoms with Crippen LogP contribution in [0.25, 0.3) is 0 Å². The Morgan fingerprint density at radius 2 is 0.952 bits per heavy atom. The Morgan fingerprint density at radius 1 is 0.571 bits per heavy atom. The minimum Gasteiger partial charge on any atom is -0.508 e. The number of phenolic OH excluding ortho intramolecular Hbond substituents is 1. The highest BCUT2D eigenvalue weighted by atomic mass is 31.2. The molecule has 0 aliphatic carbocycles. The van der Waals surface area contributed by atoms with Crippen LogP contribution in [-0.2, 0) is 0 Å². The minimum absolute atomic E-state index is 0.256. The summed E-state index contributed by atoms with van der Waals surface area (Å²) in [7, 11) is 4.78. The minimum atomic E-state index is -2.16. The molecule has 0 heterocycles. The fourth-order valence-electron chi connectivity index (χ4n) is 2.46. The first-order chi connectivity index (χ1) is 10.2. The number of benzene rings is 3. The summed E-state index contributed by atoms with van der Waals surface area (Å²) in [5.41, 5.74) is 0. The molecule has 1 N–H and O–H groups in total. The lowest BCUT2D eigenvalue weighted by atomic mass is 10.3. The molecule has 3 heteroatoms. The maximum atomic E-state index is 9.54. The van der Waals surface area contributed by atoms with Crippen LogP contribution in [0.5, 0.6) is 5.75 Å². The SMILES string of the molecule is [B][P+](c1ccccc1)(c1ccccc1)c1ccc(O)cc1. The van der Waals surface area contributed by atoms with E-state index in [4.69, 9.17) is 7.57 Å². The second-order valence-electron chi connectivity index (χ2n) is 4.91. The number of rotatable bonds is 3. The third-order valence-electron chi connectivity index (χ3n) is 3.58. The zero-order valence-corrected chi connectivity index (χ0v) is 12.4. The average molecular weight is 289 g/mol. The summed E-state index contributed by atoms with van der Waals surface area (Å²) in [5, 5.41) is 12.8. The van der Waals surface area contributed by atoms with Crippen molar-refractivity contribution < 1.29 is 5.11 Å². The largest absolute Gasteiger partial charge is 0.508 e. The van der Waals surface area contributed by atoms with Gasteiger partial charge in [-0.3, -0.25) is 0 Å². The molecular weight excluding hydrogens is 274 g/mol. The van der Waals surface area contributed by atoms with Crippen LogP contribution < -0.4 is 15.9 Å². The van der Waals surface area contributed by atoms with Crippen molar-refractivity contribution in [2.24, 2.45) is 0 Å². The number of phenols is 1. The fourth-order valence-corrected chi connectivity index (χ4v) is 5.26. The predicted octanol–water partition coefficient (Wildman–Crippen LogP) is 2.77. The molecule has 1 nitrogen and oxygen atoms in total. The van der Waals surface area contributed by atoms with E-state index in [0.29, 0.717) is 0 Å². The molecule has 0 atom stereocenters. The van der Waals surface area contributed by atoms with Crippen LogP contribution in [0.15, 0.2) is 84.9 Å². The maximum absolute atomic E-state index is 9.54. The van der Waals surface area contributed by atoms with Gasteiger partial charge >= 0.3 is 7.57 Å². The van der Waals surface area contributed by atoms with Gasteiger partial charge in [0.2, 0.25) is 0 Å². The van der Waals surface area contributed by atoms with Gasteiger partial charge in [0.05, 0.1) is 23.1 Å². The van der Waals surface area contributed by atoms with Crippen LogP contribution in [0.2, 0.25) is 0 Å². The van der Waals surface area contributed by atoms with Crippen LogP contribution in [0, 0.1) is 0 Å². The van der Waals surface area contributed by atoms with Crippen LogP contribution >= 0.6 is 7.14 Å². The first-order valence-corrected chi connectivity index (χ1v) is 8.65. The van der Waals surface area contributed by atoms with Gasteiger partial charge in [0.25, 0.3) is 0 Å². The van der Waals surface area contributed by atoms with Crippen molar-refractivity contribution in [3.63, 3.8) is 0 Å². The predicted molar refractivity (Wildman–Crippen MR) is 92.6 cm³/mol. The molecule has 0 aliphatic rings. The van der Waals surface area contributed by atoms with E-state index in [1.54, 1.807) is 12.1 Å². The highest BCUT2D eigenvalue weighted by Gasteiger charge is 2.39. The van der Waals surface area contributed by atoms with Crippen molar-refractivity contribution in [3.05, 3.63) is 84.9 Å². The van der Waals surface area contributed by atoms with E-state index in [1.165, 1.54) is 0 Å². The fraction of sp³-hybridized carbons (Fsp3) is 0. The molecule has 0 saturated heterocycles. The third-order valence-corrected chi connectivity index (χ3v) is 6.92. The van der Waals surface area contributed by atoms with Crippen LogP contribution in [0.3, 0.4) is 0 Å². The smallest absolute Gasteiger partial charge is 0.383 e. The lowest BCUT2D eigenvalue weighted by molar-refractivity contribution is 0.475. The van der Waals surface area contributed by atoms with Gasteiger partial charge in [0.15, 0.2) is 0 Å². The Labute approximate surface area is 127 Å². The normalized spacial score (nSPS) is 11.2. The molecule has 100 valence electrons. The summed E-state index contributed by atoms with van der Waals surface area (Å²) in [4.78, 5) is 0. The van der Waals surface area contributed by atoms with Gasteiger partial charge in [-0.15, -0.1) is 0 Å². The highest BCUT2D eigenvalue weighted by molar-refractivity contribution is 8.13. The van der Waals surface area contributed by atoms with E-state index < -0.39 is 7.14 Å². The molecule has 0 fully saturated rings. The summed E-state index contributed by atoms with van der Waals surface area (Å²) < 4.78 is 0. The monoisotopic (exact) mass is 289 g/mol. The Balaban J connectivity index is 2.23. The lowest BCUT2D eigenvalue weighted by Gasteiger charge is -2.23.